The Balaban J connectivity index is 1.55. The van der Waals surface area contributed by atoms with Crippen molar-refractivity contribution in [1.29, 1.82) is 0 Å². The SMILES string of the molecule is O=C(O[N+]1(O)C(=O)CCC1=O)c1ccc(OCc2ccccc2)c(OCc2ccccc2)c1. The lowest BCUT2D eigenvalue weighted by atomic mass is 10.2. The zero-order valence-electron chi connectivity index (χ0n) is 17.7. The average Bonchev–Trinajstić information content (AvgIpc) is 3.09. The molecule has 0 saturated carbocycles. The number of rotatable bonds is 8. The van der Waals surface area contributed by atoms with Crippen LogP contribution in [0.4, 0.5) is 0 Å². The van der Waals surface area contributed by atoms with E-state index >= 15 is 0 Å². The summed E-state index contributed by atoms with van der Waals surface area (Å²) >= 11 is 0. The number of benzene rings is 3. The Labute approximate surface area is 190 Å². The predicted octanol–water partition coefficient (Wildman–Crippen LogP) is 3.97. The minimum Gasteiger partial charge on any atom is -0.485 e. The number of imide groups is 1. The van der Waals surface area contributed by atoms with Gasteiger partial charge in [0.1, 0.15) is 18.0 Å². The molecule has 1 aliphatic rings. The summed E-state index contributed by atoms with van der Waals surface area (Å²) in [5.74, 6) is -2.16. The molecule has 0 bridgehead atoms. The van der Waals surface area contributed by atoms with Crippen molar-refractivity contribution in [2.75, 3.05) is 0 Å². The quantitative estimate of drug-likeness (QED) is 0.316. The van der Waals surface area contributed by atoms with Gasteiger partial charge in [-0.15, -0.1) is 0 Å². The molecule has 2 amide bonds. The molecule has 0 atom stereocenters. The van der Waals surface area contributed by atoms with Gasteiger partial charge >= 0.3 is 17.8 Å². The van der Waals surface area contributed by atoms with Crippen LogP contribution in [0.1, 0.15) is 34.3 Å². The second-order valence-electron chi connectivity index (χ2n) is 7.45. The van der Waals surface area contributed by atoms with Crippen LogP contribution < -0.4 is 9.47 Å². The Morgan fingerprint density at radius 2 is 1.27 bits per heavy atom. The van der Waals surface area contributed by atoms with Gasteiger partial charge in [0, 0.05) is 0 Å². The number of hydroxylamine groups is 4. The second kappa shape index (κ2) is 9.64. The molecule has 0 unspecified atom stereocenters. The van der Waals surface area contributed by atoms with Crippen molar-refractivity contribution < 1.29 is 38.7 Å². The van der Waals surface area contributed by atoms with Gasteiger partial charge in [-0.25, -0.2) is 19.2 Å². The maximum Gasteiger partial charge on any atom is 0.403 e. The molecular formula is C25H22NO7+. The lowest BCUT2D eigenvalue weighted by molar-refractivity contribution is -1.12. The molecule has 0 aliphatic carbocycles. The Morgan fingerprint density at radius 3 is 1.82 bits per heavy atom. The first-order chi connectivity index (χ1) is 16.0. The molecule has 1 aliphatic heterocycles. The Bertz CT molecular complexity index is 1150. The summed E-state index contributed by atoms with van der Waals surface area (Å²) in [6, 6.07) is 23.3. The summed E-state index contributed by atoms with van der Waals surface area (Å²) in [5, 5.41) is 10.2. The van der Waals surface area contributed by atoms with E-state index in [-0.39, 0.29) is 37.4 Å². The summed E-state index contributed by atoms with van der Waals surface area (Å²) in [5.41, 5.74) is 1.85. The van der Waals surface area contributed by atoms with E-state index in [1.807, 2.05) is 60.7 Å². The third kappa shape index (κ3) is 5.08. The van der Waals surface area contributed by atoms with E-state index in [0.717, 1.165) is 11.1 Å². The minimum absolute atomic E-state index is 0.0100. The van der Waals surface area contributed by atoms with Crippen LogP contribution in [-0.4, -0.2) is 27.8 Å². The van der Waals surface area contributed by atoms with E-state index in [2.05, 4.69) is 0 Å². The molecule has 0 radical (unpaired) electrons. The smallest absolute Gasteiger partial charge is 0.403 e. The van der Waals surface area contributed by atoms with E-state index in [9.17, 15) is 19.6 Å². The van der Waals surface area contributed by atoms with E-state index in [1.165, 1.54) is 18.2 Å². The third-order valence-corrected chi connectivity index (χ3v) is 5.10. The van der Waals surface area contributed by atoms with Gasteiger partial charge in [-0.05, 0) is 29.3 Å². The standard InChI is InChI=1S/C25H22NO7/c27-23-13-14-24(28)26(23,30)33-25(29)20-11-12-21(31-16-18-7-3-1-4-8-18)22(15-20)32-17-19-9-5-2-6-10-19/h1-12,15,30H,13-14,16-17H2/q+1. The number of quaternary nitrogens is 1. The molecule has 33 heavy (non-hydrogen) atoms. The summed E-state index contributed by atoms with van der Waals surface area (Å²) < 4.78 is 11.8. The molecule has 3 aromatic rings. The summed E-state index contributed by atoms with van der Waals surface area (Å²) in [6.45, 7) is 0.504. The van der Waals surface area contributed by atoms with Gasteiger partial charge in [-0.1, -0.05) is 60.7 Å². The zero-order chi connectivity index (χ0) is 23.3. The van der Waals surface area contributed by atoms with Crippen molar-refractivity contribution in [3.63, 3.8) is 0 Å². The van der Waals surface area contributed by atoms with Crippen LogP contribution in [-0.2, 0) is 27.6 Å². The van der Waals surface area contributed by atoms with Crippen LogP contribution in [0.25, 0.3) is 0 Å². The maximum absolute atomic E-state index is 12.6. The molecule has 0 aromatic heterocycles. The average molecular weight is 448 g/mol. The molecule has 1 heterocycles. The Hall–Kier alpha value is -4.01. The molecule has 168 valence electrons. The molecular weight excluding hydrogens is 426 g/mol. The number of amides is 2. The molecule has 8 nitrogen and oxygen atoms in total. The molecule has 8 heteroatoms. The van der Waals surface area contributed by atoms with Gasteiger partial charge in [0.05, 0.1) is 18.4 Å². The van der Waals surface area contributed by atoms with E-state index in [0.29, 0.717) is 5.75 Å². The van der Waals surface area contributed by atoms with Crippen LogP contribution in [0.3, 0.4) is 0 Å². The molecule has 4 rings (SSSR count). The lowest BCUT2D eigenvalue weighted by Gasteiger charge is -2.17. The summed E-state index contributed by atoms with van der Waals surface area (Å²) in [4.78, 5) is 39.2. The minimum atomic E-state index is -1.98. The highest BCUT2D eigenvalue weighted by molar-refractivity contribution is 5.94. The number of hydrogen-bond acceptors (Lipinski definition) is 7. The van der Waals surface area contributed by atoms with Gasteiger partial charge in [0.15, 0.2) is 11.5 Å². The molecule has 1 saturated heterocycles. The highest BCUT2D eigenvalue weighted by Gasteiger charge is 2.55. The highest BCUT2D eigenvalue weighted by Crippen LogP contribution is 2.31. The van der Waals surface area contributed by atoms with Gasteiger partial charge in [-0.2, -0.15) is 5.21 Å². The molecule has 3 aromatic carbocycles. The largest absolute Gasteiger partial charge is 0.485 e. The lowest BCUT2D eigenvalue weighted by Crippen LogP contribution is -2.50. The monoisotopic (exact) mass is 448 g/mol. The third-order valence-electron chi connectivity index (χ3n) is 5.10. The number of carbonyl (C=O) groups excluding carboxylic acids is 3. The number of nitrogens with zero attached hydrogens (tertiary/aromatic N) is 1. The fourth-order valence-electron chi connectivity index (χ4n) is 3.27. The molecule has 0 spiro atoms. The fourth-order valence-corrected chi connectivity index (χ4v) is 3.27. The van der Waals surface area contributed by atoms with Crippen molar-refractivity contribution in [1.82, 2.24) is 0 Å². The van der Waals surface area contributed by atoms with Crippen LogP contribution in [0.15, 0.2) is 78.9 Å². The van der Waals surface area contributed by atoms with Crippen molar-refractivity contribution in [2.24, 2.45) is 0 Å². The van der Waals surface area contributed by atoms with Crippen molar-refractivity contribution in [3.8, 4) is 11.5 Å². The predicted molar refractivity (Wildman–Crippen MR) is 115 cm³/mol. The number of carbonyl (C=O) groups is 3. The van der Waals surface area contributed by atoms with Gasteiger partial charge in [0.2, 0.25) is 0 Å². The number of hydrogen-bond donors (Lipinski definition) is 1. The van der Waals surface area contributed by atoms with E-state index in [4.69, 9.17) is 14.3 Å². The normalized spacial score (nSPS) is 14.7. The molecule has 1 fully saturated rings. The van der Waals surface area contributed by atoms with E-state index in [1.54, 1.807) is 0 Å². The maximum atomic E-state index is 12.6. The first-order valence-corrected chi connectivity index (χ1v) is 10.4. The summed E-state index contributed by atoms with van der Waals surface area (Å²) in [6.07, 6.45) is -0.388. The zero-order valence-corrected chi connectivity index (χ0v) is 17.7. The van der Waals surface area contributed by atoms with Crippen LogP contribution >= 0.6 is 0 Å². The van der Waals surface area contributed by atoms with E-state index < -0.39 is 22.6 Å². The summed E-state index contributed by atoms with van der Waals surface area (Å²) in [7, 11) is 0. The number of ether oxygens (including phenoxy) is 2. The molecule has 1 N–H and O–H groups in total. The first-order valence-electron chi connectivity index (χ1n) is 10.4. The highest BCUT2D eigenvalue weighted by atomic mass is 17.0. The topological polar surface area (TPSA) is 99.1 Å². The fraction of sp³-hybridized carbons (Fsp3) is 0.160. The van der Waals surface area contributed by atoms with Crippen molar-refractivity contribution in [3.05, 3.63) is 95.6 Å². The van der Waals surface area contributed by atoms with Crippen molar-refractivity contribution in [2.45, 2.75) is 26.1 Å². The Kier molecular flexibility index (Phi) is 6.48. The van der Waals surface area contributed by atoms with Crippen LogP contribution in [0, 0.1) is 0 Å². The van der Waals surface area contributed by atoms with Crippen molar-refractivity contribution >= 4 is 17.8 Å². The Morgan fingerprint density at radius 1 is 0.758 bits per heavy atom. The second-order valence-corrected chi connectivity index (χ2v) is 7.45. The van der Waals surface area contributed by atoms with Crippen LogP contribution in [0.2, 0.25) is 0 Å². The van der Waals surface area contributed by atoms with Crippen LogP contribution in [0.5, 0.6) is 11.5 Å². The first kappa shape index (κ1) is 22.2. The van der Waals surface area contributed by atoms with Gasteiger partial charge < -0.3 is 9.47 Å². The van der Waals surface area contributed by atoms with Gasteiger partial charge in [0.25, 0.3) is 0 Å². The van der Waals surface area contributed by atoms with Gasteiger partial charge in [-0.3, -0.25) is 0 Å².